The number of benzene rings is 3. The molecule has 0 spiro atoms. The number of hydrogen-bond donors (Lipinski definition) is 2. The van der Waals surface area contributed by atoms with Crippen molar-refractivity contribution in [2.75, 3.05) is 6.26 Å². The topological polar surface area (TPSA) is 141 Å². The van der Waals surface area contributed by atoms with E-state index in [2.05, 4.69) is 24.9 Å². The first kappa shape index (κ1) is 31.7. The number of fused-ring (bicyclic) bond motifs is 1. The molecule has 1 aromatic heterocycles. The van der Waals surface area contributed by atoms with Gasteiger partial charge in [0, 0.05) is 43.0 Å². The van der Waals surface area contributed by atoms with Gasteiger partial charge in [0.15, 0.2) is 39.0 Å². The summed E-state index contributed by atoms with van der Waals surface area (Å²) in [7, 11) is -2.25. The highest BCUT2D eigenvalue weighted by Crippen LogP contribution is 2.48. The summed E-state index contributed by atoms with van der Waals surface area (Å²) in [5.41, 5.74) is 2.56. The molecule has 1 saturated carbocycles. The third-order valence-electron chi connectivity index (χ3n) is 8.38. The Kier molecular flexibility index (Phi) is 7.51. The van der Waals surface area contributed by atoms with Crippen LogP contribution in [0.2, 0.25) is 0 Å². The maximum Gasteiger partial charge on any atom is 0.586 e. The molecule has 4 aromatic rings. The van der Waals surface area contributed by atoms with Crippen LogP contribution in [0.4, 0.5) is 13.2 Å². The van der Waals surface area contributed by atoms with Gasteiger partial charge in [0.25, 0.3) is 5.91 Å². The van der Waals surface area contributed by atoms with E-state index in [-0.39, 0.29) is 45.2 Å². The Balaban J connectivity index is 1.37. The van der Waals surface area contributed by atoms with Crippen LogP contribution in [0.5, 0.6) is 11.5 Å². The van der Waals surface area contributed by atoms with Crippen molar-refractivity contribution in [1.29, 1.82) is 0 Å². The molecule has 48 heavy (non-hydrogen) atoms. The lowest BCUT2D eigenvalue weighted by Gasteiger charge is -2.23. The minimum absolute atomic E-state index is 0.113. The van der Waals surface area contributed by atoms with E-state index in [4.69, 9.17) is 4.74 Å². The van der Waals surface area contributed by atoms with Crippen LogP contribution in [0.25, 0.3) is 22.4 Å². The molecule has 3 aromatic carbocycles. The highest BCUT2D eigenvalue weighted by Gasteiger charge is 2.44. The van der Waals surface area contributed by atoms with Crippen molar-refractivity contribution in [3.05, 3.63) is 82.8 Å². The minimum atomic E-state index is -3.92. The van der Waals surface area contributed by atoms with Gasteiger partial charge < -0.3 is 24.6 Å². The molecule has 2 aliphatic heterocycles. The molecule has 1 amide bonds. The van der Waals surface area contributed by atoms with Crippen molar-refractivity contribution >= 4 is 21.6 Å². The highest BCUT2D eigenvalue weighted by molar-refractivity contribution is 7.90. The Morgan fingerprint density at radius 3 is 2.52 bits per heavy atom. The third-order valence-corrected chi connectivity index (χ3v) is 9.54. The van der Waals surface area contributed by atoms with E-state index >= 15 is 4.39 Å². The second kappa shape index (κ2) is 11.4. The molecule has 1 fully saturated rings. The average Bonchev–Trinajstić information content (AvgIpc) is 3.47. The second-order valence-corrected chi connectivity index (χ2v) is 13.9. The fraction of sp³-hybridized carbons (Fsp3) is 0.303. The summed E-state index contributed by atoms with van der Waals surface area (Å²) >= 11 is 0. The molecule has 7 rings (SSSR count). The standard InChI is InChI=1S/C33H29F3N4O7S/c1-16-37-30(18-5-9-27-28(12-18)47-33(35,36)46-27)31(45-16)22-10-17(19-11-24(34)23(15-41)29(13-19)48(3,43)44)4-8-21(22)26-14-25(39-40(26)2)32(42)38-20-6-7-20/h4-5,8-14,20,30-31,41H,6-7,15H2,1-3H3,(H,38,42). The zero-order valence-corrected chi connectivity index (χ0v) is 26.6. The molecule has 250 valence electrons. The molecule has 11 nitrogen and oxygen atoms in total. The Bertz CT molecular complexity index is 2130. The maximum absolute atomic E-state index is 15.2. The molecule has 0 radical (unpaired) electrons. The number of sulfone groups is 1. The van der Waals surface area contributed by atoms with Gasteiger partial charge in [-0.2, -0.15) is 5.10 Å². The lowest BCUT2D eigenvalue weighted by atomic mass is 9.89. The van der Waals surface area contributed by atoms with Crippen molar-refractivity contribution in [1.82, 2.24) is 15.1 Å². The molecular weight excluding hydrogens is 653 g/mol. The van der Waals surface area contributed by atoms with Gasteiger partial charge in [0.1, 0.15) is 11.9 Å². The van der Waals surface area contributed by atoms with Crippen LogP contribution in [0.1, 0.15) is 59.1 Å². The molecule has 0 saturated heterocycles. The molecule has 2 N–H and O–H groups in total. The van der Waals surface area contributed by atoms with E-state index < -0.39 is 40.7 Å². The summed E-state index contributed by atoms with van der Waals surface area (Å²) in [4.78, 5) is 17.2. The number of ether oxygens (including phenoxy) is 3. The Morgan fingerprint density at radius 2 is 1.81 bits per heavy atom. The fourth-order valence-electron chi connectivity index (χ4n) is 5.97. The quantitative estimate of drug-likeness (QED) is 0.257. The predicted molar refractivity (Wildman–Crippen MR) is 166 cm³/mol. The molecule has 2 unspecified atom stereocenters. The molecule has 0 bridgehead atoms. The van der Waals surface area contributed by atoms with Crippen LogP contribution in [-0.4, -0.2) is 53.7 Å². The number of nitrogens with one attached hydrogen (secondary N) is 1. The van der Waals surface area contributed by atoms with Gasteiger partial charge >= 0.3 is 6.29 Å². The number of nitrogens with zero attached hydrogens (tertiary/aromatic N) is 3. The molecule has 1 aliphatic carbocycles. The average molecular weight is 683 g/mol. The zero-order chi connectivity index (χ0) is 34.1. The first-order valence-corrected chi connectivity index (χ1v) is 16.8. The number of amides is 1. The molecule has 3 heterocycles. The maximum atomic E-state index is 15.2. The normalized spacial score (nSPS) is 19.6. The summed E-state index contributed by atoms with van der Waals surface area (Å²) in [5, 5.41) is 17.1. The van der Waals surface area contributed by atoms with E-state index in [0.29, 0.717) is 33.8 Å². The summed E-state index contributed by atoms with van der Waals surface area (Å²) < 4.78 is 85.0. The summed E-state index contributed by atoms with van der Waals surface area (Å²) in [6.07, 6.45) is -1.96. The van der Waals surface area contributed by atoms with Crippen molar-refractivity contribution < 1.29 is 45.7 Å². The number of aryl methyl sites for hydroxylation is 1. The van der Waals surface area contributed by atoms with Crippen molar-refractivity contribution in [2.45, 2.75) is 55.8 Å². The Labute approximate surface area is 272 Å². The number of alkyl halides is 2. The van der Waals surface area contributed by atoms with Gasteiger partial charge in [0.2, 0.25) is 0 Å². The van der Waals surface area contributed by atoms with Crippen LogP contribution >= 0.6 is 0 Å². The SMILES string of the molecule is CC1=NC(c2ccc3c(c2)OC(F)(F)O3)C(c2cc(-c3cc(F)c(CO)c(S(C)(=O)=O)c3)ccc2-c2cc(C(=O)NC3CC3)nn2C)O1. The van der Waals surface area contributed by atoms with Crippen LogP contribution in [0.3, 0.4) is 0 Å². The second-order valence-electron chi connectivity index (χ2n) is 12.0. The number of carbonyl (C=O) groups excluding carboxylic acids is 1. The molecule has 2 atom stereocenters. The predicted octanol–water partition coefficient (Wildman–Crippen LogP) is 5.23. The lowest BCUT2D eigenvalue weighted by Crippen LogP contribution is -2.25. The van der Waals surface area contributed by atoms with Crippen molar-refractivity contribution in [3.63, 3.8) is 0 Å². The number of aliphatic hydroxyl groups excluding tert-OH is 1. The Hall–Kier alpha value is -4.89. The van der Waals surface area contributed by atoms with Gasteiger partial charge in [-0.05, 0) is 65.9 Å². The largest absolute Gasteiger partial charge is 0.586 e. The van der Waals surface area contributed by atoms with Gasteiger partial charge in [-0.15, -0.1) is 8.78 Å². The molecular formula is C33H29F3N4O7S. The number of aliphatic hydroxyl groups is 1. The molecule has 15 heteroatoms. The fourth-order valence-corrected chi connectivity index (χ4v) is 6.92. The van der Waals surface area contributed by atoms with Crippen LogP contribution in [0, 0.1) is 5.82 Å². The number of halogens is 3. The summed E-state index contributed by atoms with van der Waals surface area (Å²) in [6, 6.07) is 12.8. The first-order chi connectivity index (χ1) is 22.7. The van der Waals surface area contributed by atoms with E-state index in [1.165, 1.54) is 22.9 Å². The zero-order valence-electron chi connectivity index (χ0n) is 25.8. The number of aromatic nitrogens is 2. The Morgan fingerprint density at radius 1 is 1.06 bits per heavy atom. The van der Waals surface area contributed by atoms with E-state index in [0.717, 1.165) is 25.2 Å². The van der Waals surface area contributed by atoms with Crippen LogP contribution in [-0.2, 0) is 28.2 Å². The van der Waals surface area contributed by atoms with E-state index in [9.17, 15) is 27.1 Å². The van der Waals surface area contributed by atoms with Gasteiger partial charge in [-0.3, -0.25) is 9.48 Å². The number of aliphatic imine (C=N–C) groups is 1. The number of carbonyl (C=O) groups is 1. The smallest absolute Gasteiger partial charge is 0.471 e. The van der Waals surface area contributed by atoms with E-state index in [1.54, 1.807) is 44.3 Å². The number of hydrogen-bond acceptors (Lipinski definition) is 9. The number of rotatable bonds is 8. The van der Waals surface area contributed by atoms with Crippen LogP contribution < -0.4 is 14.8 Å². The van der Waals surface area contributed by atoms with Gasteiger partial charge in [-0.1, -0.05) is 18.2 Å². The molecule has 3 aliphatic rings. The van der Waals surface area contributed by atoms with Crippen LogP contribution in [0.15, 0.2) is 64.5 Å². The summed E-state index contributed by atoms with van der Waals surface area (Å²) in [6.45, 7) is 0.828. The minimum Gasteiger partial charge on any atom is -0.471 e. The third kappa shape index (κ3) is 5.87. The van der Waals surface area contributed by atoms with Gasteiger partial charge in [0.05, 0.1) is 17.2 Å². The lowest BCUT2D eigenvalue weighted by molar-refractivity contribution is -0.286. The van der Waals surface area contributed by atoms with Crippen molar-refractivity contribution in [3.8, 4) is 33.9 Å². The van der Waals surface area contributed by atoms with E-state index in [1.807, 2.05) is 0 Å². The summed E-state index contributed by atoms with van der Waals surface area (Å²) in [5.74, 6) is -1.22. The monoisotopic (exact) mass is 682 g/mol. The highest BCUT2D eigenvalue weighted by atomic mass is 32.2. The van der Waals surface area contributed by atoms with Crippen molar-refractivity contribution in [2.24, 2.45) is 12.0 Å². The first-order valence-electron chi connectivity index (χ1n) is 14.9. The van der Waals surface area contributed by atoms with Gasteiger partial charge in [-0.25, -0.2) is 17.8 Å².